The third kappa shape index (κ3) is 6.43. The molecule has 1 unspecified atom stereocenters. The van der Waals surface area contributed by atoms with Crippen molar-refractivity contribution in [2.45, 2.75) is 40.3 Å². The maximum atomic E-state index is 12.8. The fraction of sp³-hybridized carbons (Fsp3) is 0.318. The average Bonchev–Trinajstić information content (AvgIpc) is 3.19. The molecule has 3 aromatic rings. The van der Waals surface area contributed by atoms with Gasteiger partial charge in [0.05, 0.1) is 6.54 Å². The number of carbonyl (C=O) groups is 1. The Morgan fingerprint density at radius 2 is 1.77 bits per heavy atom. The van der Waals surface area contributed by atoms with Crippen molar-refractivity contribution in [3.05, 3.63) is 59.4 Å². The van der Waals surface area contributed by atoms with E-state index in [4.69, 9.17) is 5.73 Å². The van der Waals surface area contributed by atoms with Gasteiger partial charge in [0.2, 0.25) is 0 Å². The number of nitrogens with two attached hydrogens (primary N) is 1. The summed E-state index contributed by atoms with van der Waals surface area (Å²) < 4.78 is 0. The van der Waals surface area contributed by atoms with Gasteiger partial charge in [-0.2, -0.15) is 5.10 Å². The lowest BCUT2D eigenvalue weighted by Crippen LogP contribution is -2.23. The standard InChI is InChI=1S/C22H28N6O.2ClH/c1-13(2)15(4)24-19-7-5-6-18(14(19)3)22(29)25-17-10-8-16(9-11-17)21-26-20(12-23)27-28-21;;/h5-11,13,15,24H,12,23H2,1-4H3,(H,25,29)(H,26,27,28);2*1H. The van der Waals surface area contributed by atoms with Gasteiger partial charge in [0, 0.05) is 28.5 Å². The van der Waals surface area contributed by atoms with E-state index >= 15 is 0 Å². The molecule has 0 bridgehead atoms. The molecule has 0 radical (unpaired) electrons. The number of benzene rings is 2. The lowest BCUT2D eigenvalue weighted by molar-refractivity contribution is 0.102. The van der Waals surface area contributed by atoms with Crippen LogP contribution < -0.4 is 16.4 Å². The molecule has 0 saturated heterocycles. The minimum atomic E-state index is -0.139. The number of rotatable bonds is 7. The van der Waals surface area contributed by atoms with Crippen LogP contribution in [0.2, 0.25) is 0 Å². The van der Waals surface area contributed by atoms with Crippen LogP contribution in [-0.2, 0) is 6.54 Å². The van der Waals surface area contributed by atoms with Crippen LogP contribution in [0.25, 0.3) is 11.4 Å². The molecule has 0 spiro atoms. The molecule has 168 valence electrons. The Kier molecular flexibility index (Phi) is 9.97. The summed E-state index contributed by atoms with van der Waals surface area (Å²) in [5.74, 6) is 1.57. The summed E-state index contributed by atoms with van der Waals surface area (Å²) in [5, 5.41) is 13.4. The largest absolute Gasteiger partial charge is 0.382 e. The minimum absolute atomic E-state index is 0. The van der Waals surface area contributed by atoms with Gasteiger partial charge in [-0.15, -0.1) is 24.8 Å². The van der Waals surface area contributed by atoms with Crippen LogP contribution in [0.1, 0.15) is 42.5 Å². The average molecular weight is 465 g/mol. The Morgan fingerprint density at radius 1 is 1.10 bits per heavy atom. The molecule has 3 rings (SSSR count). The lowest BCUT2D eigenvalue weighted by Gasteiger charge is -2.21. The monoisotopic (exact) mass is 464 g/mol. The predicted octanol–water partition coefficient (Wildman–Crippen LogP) is 4.79. The highest BCUT2D eigenvalue weighted by Gasteiger charge is 2.14. The van der Waals surface area contributed by atoms with Gasteiger partial charge in [0.25, 0.3) is 5.91 Å². The number of H-pyrrole nitrogens is 1. The topological polar surface area (TPSA) is 109 Å². The van der Waals surface area contributed by atoms with Crippen molar-refractivity contribution in [1.82, 2.24) is 15.2 Å². The molecular formula is C22H30Cl2N6O. The molecule has 1 aromatic heterocycles. The first-order chi connectivity index (χ1) is 13.9. The van der Waals surface area contributed by atoms with Crippen LogP contribution in [0.3, 0.4) is 0 Å². The molecular weight excluding hydrogens is 435 g/mol. The van der Waals surface area contributed by atoms with Crippen LogP contribution in [-0.4, -0.2) is 27.1 Å². The summed E-state index contributed by atoms with van der Waals surface area (Å²) in [6.07, 6.45) is 0. The maximum absolute atomic E-state index is 12.8. The van der Waals surface area contributed by atoms with Crippen molar-refractivity contribution < 1.29 is 4.79 Å². The van der Waals surface area contributed by atoms with Gasteiger partial charge in [-0.05, 0) is 61.7 Å². The molecule has 1 atom stereocenters. The van der Waals surface area contributed by atoms with Crippen LogP contribution in [0.15, 0.2) is 42.5 Å². The Bertz CT molecular complexity index is 988. The van der Waals surface area contributed by atoms with E-state index < -0.39 is 0 Å². The highest BCUT2D eigenvalue weighted by molar-refractivity contribution is 6.06. The first-order valence-electron chi connectivity index (χ1n) is 9.78. The smallest absolute Gasteiger partial charge is 0.256 e. The number of aromatic nitrogens is 3. The van der Waals surface area contributed by atoms with Gasteiger partial charge >= 0.3 is 0 Å². The van der Waals surface area contributed by atoms with Crippen molar-refractivity contribution in [2.24, 2.45) is 11.7 Å². The second kappa shape index (κ2) is 11.7. The van der Waals surface area contributed by atoms with Crippen molar-refractivity contribution in [1.29, 1.82) is 0 Å². The van der Waals surface area contributed by atoms with E-state index in [0.29, 0.717) is 41.4 Å². The van der Waals surface area contributed by atoms with E-state index in [-0.39, 0.29) is 30.7 Å². The zero-order valence-electron chi connectivity index (χ0n) is 18.1. The first-order valence-corrected chi connectivity index (χ1v) is 9.78. The number of anilines is 2. The molecule has 0 aliphatic heterocycles. The van der Waals surface area contributed by atoms with Crippen LogP contribution in [0.5, 0.6) is 0 Å². The molecule has 2 aromatic carbocycles. The summed E-state index contributed by atoms with van der Waals surface area (Å²) >= 11 is 0. The molecule has 9 heteroatoms. The zero-order valence-corrected chi connectivity index (χ0v) is 19.7. The quantitative estimate of drug-likeness (QED) is 0.401. The number of hydrogen-bond acceptors (Lipinski definition) is 5. The van der Waals surface area contributed by atoms with Crippen LogP contribution >= 0.6 is 24.8 Å². The molecule has 1 heterocycles. The Hall–Kier alpha value is -2.61. The molecule has 7 nitrogen and oxygen atoms in total. The summed E-state index contributed by atoms with van der Waals surface area (Å²) in [6.45, 7) is 8.75. The van der Waals surface area contributed by atoms with Gasteiger partial charge in [0.1, 0.15) is 5.82 Å². The Balaban J connectivity index is 0.00000240. The molecule has 5 N–H and O–H groups in total. The van der Waals surface area contributed by atoms with E-state index in [0.717, 1.165) is 16.8 Å². The Labute approximate surface area is 195 Å². The number of aromatic amines is 1. The van der Waals surface area contributed by atoms with Gasteiger partial charge in [-0.3, -0.25) is 9.89 Å². The third-order valence-electron chi connectivity index (χ3n) is 5.09. The van der Waals surface area contributed by atoms with Gasteiger partial charge < -0.3 is 16.4 Å². The van der Waals surface area contributed by atoms with E-state index in [1.165, 1.54) is 0 Å². The first kappa shape index (κ1) is 26.4. The molecule has 0 aliphatic carbocycles. The van der Waals surface area contributed by atoms with Gasteiger partial charge in [-0.1, -0.05) is 19.9 Å². The van der Waals surface area contributed by atoms with Crippen molar-refractivity contribution in [3.8, 4) is 11.4 Å². The van der Waals surface area contributed by atoms with Crippen LogP contribution in [0, 0.1) is 12.8 Å². The number of nitrogens with zero attached hydrogens (tertiary/aromatic N) is 2. The van der Waals surface area contributed by atoms with Gasteiger partial charge in [0.15, 0.2) is 5.82 Å². The van der Waals surface area contributed by atoms with Crippen molar-refractivity contribution >= 4 is 42.1 Å². The maximum Gasteiger partial charge on any atom is 0.256 e. The van der Waals surface area contributed by atoms with E-state index in [2.05, 4.69) is 46.6 Å². The summed E-state index contributed by atoms with van der Waals surface area (Å²) in [6, 6.07) is 13.5. The van der Waals surface area contributed by atoms with E-state index in [1.807, 2.05) is 49.4 Å². The molecule has 0 aliphatic rings. The number of hydrogen-bond donors (Lipinski definition) is 4. The summed E-state index contributed by atoms with van der Waals surface area (Å²) in [5.41, 5.74) is 9.68. The molecule has 0 saturated carbocycles. The molecule has 31 heavy (non-hydrogen) atoms. The zero-order chi connectivity index (χ0) is 21.0. The third-order valence-corrected chi connectivity index (χ3v) is 5.09. The number of amides is 1. The van der Waals surface area contributed by atoms with Crippen molar-refractivity contribution in [2.75, 3.05) is 10.6 Å². The fourth-order valence-corrected chi connectivity index (χ4v) is 2.87. The second-order valence-electron chi connectivity index (χ2n) is 7.50. The Morgan fingerprint density at radius 3 is 2.35 bits per heavy atom. The summed E-state index contributed by atoms with van der Waals surface area (Å²) in [4.78, 5) is 17.1. The normalized spacial score (nSPS) is 11.3. The predicted molar refractivity (Wildman–Crippen MR) is 131 cm³/mol. The van der Waals surface area contributed by atoms with Gasteiger partial charge in [-0.25, -0.2) is 4.98 Å². The van der Waals surface area contributed by atoms with E-state index in [9.17, 15) is 4.79 Å². The summed E-state index contributed by atoms with van der Waals surface area (Å²) in [7, 11) is 0. The number of nitrogens with one attached hydrogen (secondary N) is 3. The van der Waals surface area contributed by atoms with Crippen LogP contribution in [0.4, 0.5) is 11.4 Å². The SMILES string of the molecule is Cc1c(NC(C)C(C)C)cccc1C(=O)Nc1ccc(-c2n[nH]c(CN)n2)cc1.Cl.Cl. The molecule has 0 fully saturated rings. The van der Waals surface area contributed by atoms with E-state index in [1.54, 1.807) is 0 Å². The highest BCUT2D eigenvalue weighted by atomic mass is 35.5. The van der Waals surface area contributed by atoms with Crippen molar-refractivity contribution in [3.63, 3.8) is 0 Å². The minimum Gasteiger partial charge on any atom is -0.382 e. The lowest BCUT2D eigenvalue weighted by atomic mass is 10.0. The second-order valence-corrected chi connectivity index (χ2v) is 7.50. The fourth-order valence-electron chi connectivity index (χ4n) is 2.87. The number of halogens is 2. The molecule has 1 amide bonds. The number of carbonyl (C=O) groups excluding carboxylic acids is 1. The highest BCUT2D eigenvalue weighted by Crippen LogP contribution is 2.23.